The molecule has 0 saturated carbocycles. The van der Waals surface area contributed by atoms with Gasteiger partial charge in [-0.1, -0.05) is 15.9 Å². The van der Waals surface area contributed by atoms with Crippen LogP contribution in [-0.2, 0) is 9.59 Å². The minimum absolute atomic E-state index is 0.468. The van der Waals surface area contributed by atoms with Crippen LogP contribution in [0, 0.1) is 0 Å². The van der Waals surface area contributed by atoms with E-state index in [0.717, 1.165) is 10.5 Å². The smallest absolute Gasteiger partial charge is 0.328 e. The van der Waals surface area contributed by atoms with Gasteiger partial charge in [-0.15, -0.1) is 0 Å². The number of benzene rings is 1. The van der Waals surface area contributed by atoms with Gasteiger partial charge in [0.25, 0.3) is 5.91 Å². The van der Waals surface area contributed by atoms with Gasteiger partial charge < -0.3 is 10.4 Å². The molecule has 0 unspecified atom stereocenters. The van der Waals surface area contributed by atoms with Crippen molar-refractivity contribution in [3.05, 3.63) is 39.3 Å². The first-order chi connectivity index (χ1) is 8.88. The van der Waals surface area contributed by atoms with E-state index in [1.54, 1.807) is 18.2 Å². The SMILES string of the molecule is O=C(O)C=CC(=O)NC(=O)Nc1ccc(Br)cc1Br. The van der Waals surface area contributed by atoms with E-state index in [9.17, 15) is 14.4 Å². The minimum Gasteiger partial charge on any atom is -0.478 e. The van der Waals surface area contributed by atoms with E-state index in [2.05, 4.69) is 37.2 Å². The van der Waals surface area contributed by atoms with Gasteiger partial charge in [-0.2, -0.15) is 0 Å². The summed E-state index contributed by atoms with van der Waals surface area (Å²) < 4.78 is 1.45. The molecule has 19 heavy (non-hydrogen) atoms. The Morgan fingerprint density at radius 1 is 1.16 bits per heavy atom. The van der Waals surface area contributed by atoms with E-state index in [0.29, 0.717) is 16.2 Å². The summed E-state index contributed by atoms with van der Waals surface area (Å²) >= 11 is 6.50. The molecular formula is C11H8Br2N2O4. The van der Waals surface area contributed by atoms with Crippen molar-refractivity contribution >= 4 is 55.5 Å². The molecule has 1 aromatic rings. The molecule has 0 saturated heterocycles. The van der Waals surface area contributed by atoms with Gasteiger partial charge in [-0.05, 0) is 34.1 Å². The first kappa shape index (κ1) is 15.4. The molecule has 0 aromatic heterocycles. The highest BCUT2D eigenvalue weighted by atomic mass is 79.9. The molecule has 1 aromatic carbocycles. The second-order valence-electron chi connectivity index (χ2n) is 3.24. The first-order valence-electron chi connectivity index (χ1n) is 4.86. The third-order valence-corrected chi connectivity index (χ3v) is 2.94. The van der Waals surface area contributed by atoms with Crippen molar-refractivity contribution in [3.8, 4) is 0 Å². The number of imide groups is 1. The van der Waals surface area contributed by atoms with E-state index in [1.165, 1.54) is 0 Å². The van der Waals surface area contributed by atoms with Crippen molar-refractivity contribution in [1.82, 2.24) is 5.32 Å². The molecule has 8 heteroatoms. The number of carbonyl (C=O) groups excluding carboxylic acids is 2. The van der Waals surface area contributed by atoms with Gasteiger partial charge in [-0.3, -0.25) is 10.1 Å². The van der Waals surface area contributed by atoms with Crippen LogP contribution in [0.15, 0.2) is 39.3 Å². The van der Waals surface area contributed by atoms with Crippen LogP contribution in [0.4, 0.5) is 10.5 Å². The molecule has 0 heterocycles. The lowest BCUT2D eigenvalue weighted by molar-refractivity contribution is -0.131. The van der Waals surface area contributed by atoms with Crippen LogP contribution in [0.3, 0.4) is 0 Å². The van der Waals surface area contributed by atoms with E-state index in [1.807, 2.05) is 5.32 Å². The Labute approximate surface area is 125 Å². The van der Waals surface area contributed by atoms with Crippen LogP contribution in [0.1, 0.15) is 0 Å². The van der Waals surface area contributed by atoms with Gasteiger partial charge in [0.1, 0.15) is 0 Å². The number of carboxylic acid groups (broad SMARTS) is 1. The number of hydrogen-bond donors (Lipinski definition) is 3. The molecule has 0 radical (unpaired) electrons. The predicted octanol–water partition coefficient (Wildman–Crippen LogP) is 2.50. The number of anilines is 1. The summed E-state index contributed by atoms with van der Waals surface area (Å²) in [5, 5.41) is 12.7. The number of amides is 3. The summed E-state index contributed by atoms with van der Waals surface area (Å²) in [7, 11) is 0. The normalized spacial score (nSPS) is 10.2. The number of carboxylic acids is 1. The van der Waals surface area contributed by atoms with Gasteiger partial charge >= 0.3 is 12.0 Å². The summed E-state index contributed by atoms with van der Waals surface area (Å²) in [5.74, 6) is -2.10. The molecule has 100 valence electrons. The molecule has 0 aliphatic rings. The highest BCUT2D eigenvalue weighted by Crippen LogP contribution is 2.25. The fraction of sp³-hybridized carbons (Fsp3) is 0. The molecule has 0 bridgehead atoms. The number of hydrogen-bond acceptors (Lipinski definition) is 3. The van der Waals surface area contributed by atoms with Crippen molar-refractivity contribution in [1.29, 1.82) is 0 Å². The number of aliphatic carboxylic acids is 1. The summed E-state index contributed by atoms with van der Waals surface area (Å²) in [6.45, 7) is 0. The maximum atomic E-state index is 11.4. The molecule has 0 fully saturated rings. The zero-order valence-electron chi connectivity index (χ0n) is 9.31. The molecule has 0 aliphatic heterocycles. The average Bonchev–Trinajstić information content (AvgIpc) is 2.30. The highest BCUT2D eigenvalue weighted by molar-refractivity contribution is 9.11. The number of rotatable bonds is 3. The minimum atomic E-state index is -1.27. The molecule has 0 atom stereocenters. The Kier molecular flexibility index (Phi) is 5.71. The van der Waals surface area contributed by atoms with E-state index < -0.39 is 17.9 Å². The lowest BCUT2D eigenvalue weighted by atomic mass is 10.3. The van der Waals surface area contributed by atoms with Crippen molar-refractivity contribution in [2.45, 2.75) is 0 Å². The largest absolute Gasteiger partial charge is 0.478 e. The van der Waals surface area contributed by atoms with Crippen molar-refractivity contribution in [2.24, 2.45) is 0 Å². The maximum absolute atomic E-state index is 11.4. The van der Waals surface area contributed by atoms with E-state index in [4.69, 9.17) is 5.11 Å². The van der Waals surface area contributed by atoms with Gasteiger partial charge in [-0.25, -0.2) is 9.59 Å². The fourth-order valence-corrected chi connectivity index (χ4v) is 2.19. The van der Waals surface area contributed by atoms with Gasteiger partial charge in [0.05, 0.1) is 5.69 Å². The van der Waals surface area contributed by atoms with Crippen molar-refractivity contribution in [3.63, 3.8) is 0 Å². The van der Waals surface area contributed by atoms with Gasteiger partial charge in [0.15, 0.2) is 0 Å². The maximum Gasteiger partial charge on any atom is 0.328 e. The van der Waals surface area contributed by atoms with Crippen LogP contribution < -0.4 is 10.6 Å². The first-order valence-corrected chi connectivity index (χ1v) is 6.45. The van der Waals surface area contributed by atoms with Crippen LogP contribution in [0.2, 0.25) is 0 Å². The Morgan fingerprint density at radius 3 is 2.42 bits per heavy atom. The zero-order valence-corrected chi connectivity index (χ0v) is 12.5. The molecule has 6 nitrogen and oxygen atoms in total. The fourth-order valence-electron chi connectivity index (χ4n) is 1.04. The average molecular weight is 392 g/mol. The number of carbonyl (C=O) groups is 3. The lowest BCUT2D eigenvalue weighted by Gasteiger charge is -2.07. The highest BCUT2D eigenvalue weighted by Gasteiger charge is 2.08. The van der Waals surface area contributed by atoms with Crippen LogP contribution in [0.25, 0.3) is 0 Å². The standard InChI is InChI=1S/C11H8Br2N2O4/c12-6-1-2-8(7(13)5-6)14-11(19)15-9(16)3-4-10(17)18/h1-5H,(H,17,18)(H2,14,15,16,19). The van der Waals surface area contributed by atoms with E-state index in [-0.39, 0.29) is 0 Å². The number of nitrogens with one attached hydrogen (secondary N) is 2. The Hall–Kier alpha value is -1.67. The van der Waals surface area contributed by atoms with Crippen molar-refractivity contribution < 1.29 is 19.5 Å². The van der Waals surface area contributed by atoms with Gasteiger partial charge in [0, 0.05) is 21.1 Å². The number of halogens is 2. The van der Waals surface area contributed by atoms with Gasteiger partial charge in [0.2, 0.25) is 0 Å². The molecule has 3 N–H and O–H groups in total. The Balaban J connectivity index is 2.60. The molecule has 0 spiro atoms. The number of urea groups is 1. The van der Waals surface area contributed by atoms with Crippen molar-refractivity contribution in [2.75, 3.05) is 5.32 Å². The third-order valence-electron chi connectivity index (χ3n) is 1.79. The summed E-state index contributed by atoms with van der Waals surface area (Å²) in [4.78, 5) is 32.8. The summed E-state index contributed by atoms with van der Waals surface area (Å²) in [6.07, 6.45) is 1.39. The van der Waals surface area contributed by atoms with Crippen LogP contribution in [0.5, 0.6) is 0 Å². The summed E-state index contributed by atoms with van der Waals surface area (Å²) in [6, 6.07) is 4.31. The predicted molar refractivity (Wildman–Crippen MR) is 75.8 cm³/mol. The second kappa shape index (κ2) is 7.05. The molecular weight excluding hydrogens is 384 g/mol. The monoisotopic (exact) mass is 390 g/mol. The quantitative estimate of drug-likeness (QED) is 0.689. The lowest BCUT2D eigenvalue weighted by Crippen LogP contribution is -2.33. The van der Waals surface area contributed by atoms with Crippen LogP contribution in [-0.4, -0.2) is 23.0 Å². The topological polar surface area (TPSA) is 95.5 Å². The third kappa shape index (κ3) is 5.66. The Bertz CT molecular complexity index is 558. The summed E-state index contributed by atoms with van der Waals surface area (Å²) in [5.41, 5.74) is 0.468. The van der Waals surface area contributed by atoms with Crippen LogP contribution >= 0.6 is 31.9 Å². The Morgan fingerprint density at radius 2 is 1.84 bits per heavy atom. The van der Waals surface area contributed by atoms with E-state index >= 15 is 0 Å². The zero-order chi connectivity index (χ0) is 14.4. The molecule has 3 amide bonds. The molecule has 1 rings (SSSR count). The molecule has 0 aliphatic carbocycles. The second-order valence-corrected chi connectivity index (χ2v) is 5.01.